The molecule has 5 heteroatoms. The van der Waals surface area contributed by atoms with E-state index < -0.39 is 0 Å². The van der Waals surface area contributed by atoms with Crippen molar-refractivity contribution in [3.8, 4) is 5.88 Å². The molecule has 1 fully saturated rings. The number of pyridine rings is 1. The first-order valence-corrected chi connectivity index (χ1v) is 5.65. The molecule has 1 aliphatic heterocycles. The minimum Gasteiger partial charge on any atom is -0.480 e. The molecular weight excluding hydrogens is 220 g/mol. The van der Waals surface area contributed by atoms with Crippen LogP contribution >= 0.6 is 0 Å². The molecule has 17 heavy (non-hydrogen) atoms. The largest absolute Gasteiger partial charge is 0.480 e. The maximum absolute atomic E-state index is 12.2. The van der Waals surface area contributed by atoms with Gasteiger partial charge in [0.25, 0.3) is 5.91 Å². The number of likely N-dealkylation sites (tertiary alicyclic amines) is 1. The number of methoxy groups -OCH3 is 1. The fourth-order valence-electron chi connectivity index (χ4n) is 2.05. The van der Waals surface area contributed by atoms with Crippen molar-refractivity contribution in [1.82, 2.24) is 9.88 Å². The Balaban J connectivity index is 2.15. The number of amides is 1. The molecular formula is C12H16N2O3. The molecule has 1 saturated heterocycles. The lowest BCUT2D eigenvalue weighted by Crippen LogP contribution is -2.29. The van der Waals surface area contributed by atoms with Crippen molar-refractivity contribution < 1.29 is 14.6 Å². The van der Waals surface area contributed by atoms with Gasteiger partial charge in [0.1, 0.15) is 5.56 Å². The SMILES string of the molecule is COc1ncccc1C(=O)N1CC[C@@H](CO)C1. The van der Waals surface area contributed by atoms with Gasteiger partial charge in [-0.2, -0.15) is 0 Å². The molecule has 0 aliphatic carbocycles. The van der Waals surface area contributed by atoms with Gasteiger partial charge in [-0.05, 0) is 18.6 Å². The van der Waals surface area contributed by atoms with Gasteiger partial charge in [0.2, 0.25) is 5.88 Å². The molecule has 2 rings (SSSR count). The number of nitrogens with zero attached hydrogens (tertiary/aromatic N) is 2. The van der Waals surface area contributed by atoms with Crippen molar-refractivity contribution in [2.45, 2.75) is 6.42 Å². The fourth-order valence-corrected chi connectivity index (χ4v) is 2.05. The quantitative estimate of drug-likeness (QED) is 0.832. The summed E-state index contributed by atoms with van der Waals surface area (Å²) in [7, 11) is 1.50. The molecule has 0 spiro atoms. The molecule has 1 aromatic heterocycles. The first kappa shape index (κ1) is 11.9. The maximum Gasteiger partial charge on any atom is 0.259 e. The molecule has 1 aromatic rings. The number of ether oxygens (including phenoxy) is 1. The molecule has 1 atom stereocenters. The summed E-state index contributed by atoms with van der Waals surface area (Å²) in [6.07, 6.45) is 2.45. The summed E-state index contributed by atoms with van der Waals surface area (Å²) in [5, 5.41) is 9.06. The van der Waals surface area contributed by atoms with Gasteiger partial charge >= 0.3 is 0 Å². The number of aliphatic hydroxyl groups excluding tert-OH is 1. The maximum atomic E-state index is 12.2. The third-order valence-corrected chi connectivity index (χ3v) is 3.03. The van der Waals surface area contributed by atoms with E-state index in [0.717, 1.165) is 6.42 Å². The van der Waals surface area contributed by atoms with Crippen molar-refractivity contribution in [2.24, 2.45) is 5.92 Å². The smallest absolute Gasteiger partial charge is 0.259 e. The van der Waals surface area contributed by atoms with Gasteiger partial charge in [0, 0.05) is 31.8 Å². The zero-order valence-corrected chi connectivity index (χ0v) is 9.80. The first-order valence-electron chi connectivity index (χ1n) is 5.65. The van der Waals surface area contributed by atoms with Crippen molar-refractivity contribution >= 4 is 5.91 Å². The molecule has 0 saturated carbocycles. The van der Waals surface area contributed by atoms with Crippen molar-refractivity contribution in [2.75, 3.05) is 26.8 Å². The molecule has 0 aromatic carbocycles. The number of aromatic nitrogens is 1. The Morgan fingerprint density at radius 3 is 3.18 bits per heavy atom. The minimum absolute atomic E-state index is 0.0779. The normalized spacial score (nSPS) is 19.4. The summed E-state index contributed by atoms with van der Waals surface area (Å²) in [4.78, 5) is 18.0. The van der Waals surface area contributed by atoms with E-state index in [1.165, 1.54) is 7.11 Å². The Morgan fingerprint density at radius 2 is 2.53 bits per heavy atom. The summed E-state index contributed by atoms with van der Waals surface area (Å²) >= 11 is 0. The highest BCUT2D eigenvalue weighted by molar-refractivity contribution is 5.96. The Morgan fingerprint density at radius 1 is 1.71 bits per heavy atom. The van der Waals surface area contributed by atoms with E-state index in [4.69, 9.17) is 9.84 Å². The predicted octanol–water partition coefficient (Wildman–Crippen LogP) is 0.545. The second-order valence-electron chi connectivity index (χ2n) is 4.15. The van der Waals surface area contributed by atoms with E-state index in [-0.39, 0.29) is 18.4 Å². The zero-order chi connectivity index (χ0) is 12.3. The lowest BCUT2D eigenvalue weighted by molar-refractivity contribution is 0.0777. The van der Waals surface area contributed by atoms with Crippen LogP contribution in [-0.4, -0.2) is 47.7 Å². The molecule has 1 amide bonds. The lowest BCUT2D eigenvalue weighted by atomic mass is 10.1. The standard InChI is InChI=1S/C12H16N2O3/c1-17-11-10(3-2-5-13-11)12(16)14-6-4-9(7-14)8-15/h2-3,5,9,15H,4,6-8H2,1H3/t9-/m1/s1. The van der Waals surface area contributed by atoms with Crippen LogP contribution in [0, 0.1) is 5.92 Å². The van der Waals surface area contributed by atoms with E-state index in [2.05, 4.69) is 4.98 Å². The average molecular weight is 236 g/mol. The molecule has 0 unspecified atom stereocenters. The zero-order valence-electron chi connectivity index (χ0n) is 9.80. The number of carbonyl (C=O) groups is 1. The summed E-state index contributed by atoms with van der Waals surface area (Å²) in [6.45, 7) is 1.42. The van der Waals surface area contributed by atoms with Crippen LogP contribution in [0.3, 0.4) is 0 Å². The summed E-state index contributed by atoms with van der Waals surface area (Å²) in [5.41, 5.74) is 0.480. The van der Waals surface area contributed by atoms with Gasteiger partial charge in [-0.1, -0.05) is 0 Å². The van der Waals surface area contributed by atoms with Crippen LogP contribution in [0.25, 0.3) is 0 Å². The Labute approximate surface area is 100 Å². The summed E-state index contributed by atoms with van der Waals surface area (Å²) in [5.74, 6) is 0.470. The number of carbonyl (C=O) groups excluding carboxylic acids is 1. The van der Waals surface area contributed by atoms with Crippen LogP contribution in [0.5, 0.6) is 5.88 Å². The fraction of sp³-hybridized carbons (Fsp3) is 0.500. The van der Waals surface area contributed by atoms with E-state index in [1.807, 2.05) is 0 Å². The van der Waals surface area contributed by atoms with Crippen LogP contribution in [0.4, 0.5) is 0 Å². The number of aliphatic hydroxyl groups is 1. The topological polar surface area (TPSA) is 62.7 Å². The van der Waals surface area contributed by atoms with Gasteiger partial charge in [-0.15, -0.1) is 0 Å². The average Bonchev–Trinajstić information content (AvgIpc) is 2.86. The number of hydrogen-bond donors (Lipinski definition) is 1. The molecule has 1 N–H and O–H groups in total. The second-order valence-corrected chi connectivity index (χ2v) is 4.15. The molecule has 1 aliphatic rings. The minimum atomic E-state index is -0.0779. The van der Waals surface area contributed by atoms with Gasteiger partial charge in [0.05, 0.1) is 7.11 Å². The number of rotatable bonds is 3. The highest BCUT2D eigenvalue weighted by Crippen LogP contribution is 2.21. The third-order valence-electron chi connectivity index (χ3n) is 3.03. The van der Waals surface area contributed by atoms with Crippen LogP contribution in [-0.2, 0) is 0 Å². The van der Waals surface area contributed by atoms with Crippen LogP contribution in [0.1, 0.15) is 16.8 Å². The van der Waals surface area contributed by atoms with E-state index in [9.17, 15) is 4.79 Å². The van der Waals surface area contributed by atoms with Gasteiger partial charge in [-0.25, -0.2) is 4.98 Å². The van der Waals surface area contributed by atoms with E-state index in [0.29, 0.717) is 24.5 Å². The molecule has 5 nitrogen and oxygen atoms in total. The highest BCUT2D eigenvalue weighted by Gasteiger charge is 2.28. The Bertz CT molecular complexity index is 408. The molecule has 92 valence electrons. The van der Waals surface area contributed by atoms with Crippen molar-refractivity contribution in [3.63, 3.8) is 0 Å². The molecule has 0 bridgehead atoms. The highest BCUT2D eigenvalue weighted by atomic mass is 16.5. The van der Waals surface area contributed by atoms with E-state index >= 15 is 0 Å². The predicted molar refractivity (Wildman–Crippen MR) is 61.9 cm³/mol. The van der Waals surface area contributed by atoms with Crippen molar-refractivity contribution in [3.05, 3.63) is 23.9 Å². The third kappa shape index (κ3) is 2.39. The van der Waals surface area contributed by atoms with Crippen LogP contribution in [0.15, 0.2) is 18.3 Å². The molecule has 2 heterocycles. The lowest BCUT2D eigenvalue weighted by Gasteiger charge is -2.17. The van der Waals surface area contributed by atoms with Gasteiger partial charge < -0.3 is 14.7 Å². The number of hydrogen-bond acceptors (Lipinski definition) is 4. The summed E-state index contributed by atoms with van der Waals surface area (Å²) < 4.78 is 5.07. The summed E-state index contributed by atoms with van der Waals surface area (Å²) in [6, 6.07) is 3.43. The van der Waals surface area contributed by atoms with Gasteiger partial charge in [0.15, 0.2) is 0 Å². The monoisotopic (exact) mass is 236 g/mol. The van der Waals surface area contributed by atoms with Crippen LogP contribution < -0.4 is 4.74 Å². The van der Waals surface area contributed by atoms with Gasteiger partial charge in [-0.3, -0.25) is 4.79 Å². The van der Waals surface area contributed by atoms with Crippen LogP contribution in [0.2, 0.25) is 0 Å². The molecule has 0 radical (unpaired) electrons. The second kappa shape index (κ2) is 5.14. The first-order chi connectivity index (χ1) is 8.26. The van der Waals surface area contributed by atoms with E-state index in [1.54, 1.807) is 23.2 Å². The Kier molecular flexibility index (Phi) is 3.58. The van der Waals surface area contributed by atoms with Crippen molar-refractivity contribution in [1.29, 1.82) is 0 Å². The Hall–Kier alpha value is -1.62.